The quantitative estimate of drug-likeness (QED) is 0.886. The molecule has 0 saturated heterocycles. The predicted molar refractivity (Wildman–Crippen MR) is 94.5 cm³/mol. The van der Waals surface area contributed by atoms with Crippen molar-refractivity contribution in [2.24, 2.45) is 0 Å². The zero-order chi connectivity index (χ0) is 17.9. The van der Waals surface area contributed by atoms with Gasteiger partial charge in [-0.25, -0.2) is 0 Å². The molecular formula is C19H24N2O3. The van der Waals surface area contributed by atoms with Crippen molar-refractivity contribution >= 4 is 5.91 Å². The van der Waals surface area contributed by atoms with Crippen LogP contribution >= 0.6 is 0 Å². The third-order valence-corrected chi connectivity index (χ3v) is 3.91. The number of benzene rings is 1. The molecule has 1 aromatic carbocycles. The molecule has 1 aromatic heterocycles. The van der Waals surface area contributed by atoms with E-state index in [1.807, 2.05) is 52.8 Å². The van der Waals surface area contributed by atoms with Gasteiger partial charge in [0.1, 0.15) is 5.75 Å². The average molecular weight is 328 g/mol. The Balaban J connectivity index is 1.97. The normalized spacial score (nSPS) is 10.5. The van der Waals surface area contributed by atoms with Crippen LogP contribution in [0, 0.1) is 34.6 Å². The second kappa shape index (κ2) is 7.34. The highest BCUT2D eigenvalue weighted by Gasteiger charge is 2.10. The van der Waals surface area contributed by atoms with Crippen LogP contribution in [0.3, 0.4) is 0 Å². The van der Waals surface area contributed by atoms with E-state index >= 15 is 0 Å². The molecule has 1 amide bonds. The van der Waals surface area contributed by atoms with Gasteiger partial charge >= 0.3 is 0 Å². The minimum atomic E-state index is -0.256. The van der Waals surface area contributed by atoms with Gasteiger partial charge in [-0.2, -0.15) is 0 Å². The van der Waals surface area contributed by atoms with Crippen LogP contribution < -0.4 is 15.6 Å². The van der Waals surface area contributed by atoms with Crippen LogP contribution in [0.2, 0.25) is 0 Å². The summed E-state index contributed by atoms with van der Waals surface area (Å²) in [6.07, 6.45) is 0. The first-order valence-electron chi connectivity index (χ1n) is 7.94. The highest BCUT2D eigenvalue weighted by molar-refractivity contribution is 5.77. The molecule has 0 fully saturated rings. The third-order valence-electron chi connectivity index (χ3n) is 3.91. The average Bonchev–Trinajstić information content (AvgIpc) is 2.44. The minimum absolute atomic E-state index is 0.0758. The van der Waals surface area contributed by atoms with Crippen molar-refractivity contribution in [3.63, 3.8) is 0 Å². The van der Waals surface area contributed by atoms with E-state index in [-0.39, 0.29) is 24.6 Å². The molecule has 5 nitrogen and oxygen atoms in total. The highest BCUT2D eigenvalue weighted by atomic mass is 16.5. The fraction of sp³-hybridized carbons (Fsp3) is 0.368. The Morgan fingerprint density at radius 1 is 1.04 bits per heavy atom. The SMILES string of the molecule is Cc1cc(C)c(OCC(=O)NCc2c(C)cc(C)[nH]c2=O)c(C)c1. The molecule has 0 aliphatic carbocycles. The molecular weight excluding hydrogens is 304 g/mol. The van der Waals surface area contributed by atoms with E-state index in [9.17, 15) is 9.59 Å². The Labute approximate surface area is 142 Å². The number of aryl methyl sites for hydroxylation is 5. The highest BCUT2D eigenvalue weighted by Crippen LogP contribution is 2.24. The Morgan fingerprint density at radius 3 is 2.25 bits per heavy atom. The van der Waals surface area contributed by atoms with Crippen LogP contribution in [0.5, 0.6) is 5.75 Å². The molecule has 0 radical (unpaired) electrons. The summed E-state index contributed by atoms with van der Waals surface area (Å²) in [5.74, 6) is 0.480. The number of aromatic amines is 1. The van der Waals surface area contributed by atoms with Crippen molar-refractivity contribution in [3.8, 4) is 5.75 Å². The fourth-order valence-corrected chi connectivity index (χ4v) is 2.87. The number of pyridine rings is 1. The molecule has 24 heavy (non-hydrogen) atoms. The number of hydrogen-bond donors (Lipinski definition) is 2. The molecule has 0 unspecified atom stereocenters. The van der Waals surface area contributed by atoms with Crippen LogP contribution in [-0.2, 0) is 11.3 Å². The van der Waals surface area contributed by atoms with Crippen molar-refractivity contribution in [1.29, 1.82) is 0 Å². The molecule has 2 rings (SSSR count). The molecule has 0 saturated carbocycles. The minimum Gasteiger partial charge on any atom is -0.483 e. The van der Waals surface area contributed by atoms with Gasteiger partial charge < -0.3 is 15.0 Å². The molecule has 0 aliphatic rings. The van der Waals surface area contributed by atoms with E-state index in [0.29, 0.717) is 5.56 Å². The predicted octanol–water partition coefficient (Wildman–Crippen LogP) is 2.61. The van der Waals surface area contributed by atoms with Crippen LogP contribution in [0.25, 0.3) is 0 Å². The monoisotopic (exact) mass is 328 g/mol. The van der Waals surface area contributed by atoms with Crippen molar-refractivity contribution < 1.29 is 9.53 Å². The number of carbonyl (C=O) groups is 1. The Bertz CT molecular complexity index is 799. The molecule has 2 aromatic rings. The molecule has 0 spiro atoms. The third kappa shape index (κ3) is 4.25. The van der Waals surface area contributed by atoms with Crippen molar-refractivity contribution in [1.82, 2.24) is 10.3 Å². The van der Waals surface area contributed by atoms with E-state index in [0.717, 1.165) is 33.7 Å². The zero-order valence-electron chi connectivity index (χ0n) is 14.9. The lowest BCUT2D eigenvalue weighted by molar-refractivity contribution is -0.123. The molecule has 5 heteroatoms. The molecule has 0 atom stereocenters. The zero-order valence-corrected chi connectivity index (χ0v) is 14.9. The van der Waals surface area contributed by atoms with Crippen molar-refractivity contribution in [3.05, 3.63) is 62.1 Å². The van der Waals surface area contributed by atoms with Gasteiger partial charge in [-0.1, -0.05) is 17.7 Å². The first-order chi connectivity index (χ1) is 11.3. The summed E-state index contributed by atoms with van der Waals surface area (Å²) in [6, 6.07) is 5.93. The summed E-state index contributed by atoms with van der Waals surface area (Å²) < 4.78 is 5.65. The number of carbonyl (C=O) groups excluding carboxylic acids is 1. The Hall–Kier alpha value is -2.56. The van der Waals surface area contributed by atoms with Crippen molar-refractivity contribution in [2.75, 3.05) is 6.61 Å². The lowest BCUT2D eigenvalue weighted by Gasteiger charge is -2.13. The fourth-order valence-electron chi connectivity index (χ4n) is 2.87. The second-order valence-corrected chi connectivity index (χ2v) is 6.24. The lowest BCUT2D eigenvalue weighted by Crippen LogP contribution is -2.31. The largest absolute Gasteiger partial charge is 0.483 e. The number of nitrogens with one attached hydrogen (secondary N) is 2. The van der Waals surface area contributed by atoms with Gasteiger partial charge in [0.25, 0.3) is 11.5 Å². The lowest BCUT2D eigenvalue weighted by atomic mass is 10.1. The summed E-state index contributed by atoms with van der Waals surface area (Å²) in [4.78, 5) is 26.7. The summed E-state index contributed by atoms with van der Waals surface area (Å²) in [6.45, 7) is 9.75. The van der Waals surface area contributed by atoms with Crippen LogP contribution in [-0.4, -0.2) is 17.5 Å². The summed E-state index contributed by atoms with van der Waals surface area (Å²) in [7, 11) is 0. The van der Waals surface area contributed by atoms with Gasteiger partial charge in [0.15, 0.2) is 6.61 Å². The van der Waals surface area contributed by atoms with Gasteiger partial charge in [0, 0.05) is 17.8 Å². The smallest absolute Gasteiger partial charge is 0.258 e. The maximum Gasteiger partial charge on any atom is 0.258 e. The van der Waals surface area contributed by atoms with Crippen LogP contribution in [0.4, 0.5) is 0 Å². The first-order valence-corrected chi connectivity index (χ1v) is 7.94. The number of rotatable bonds is 5. The van der Waals surface area contributed by atoms with E-state index in [1.54, 1.807) is 0 Å². The molecule has 0 aliphatic heterocycles. The maximum absolute atomic E-state index is 12.0. The van der Waals surface area contributed by atoms with E-state index in [1.165, 1.54) is 0 Å². The second-order valence-electron chi connectivity index (χ2n) is 6.24. The van der Waals surface area contributed by atoms with Gasteiger partial charge in [0.2, 0.25) is 0 Å². The number of H-pyrrole nitrogens is 1. The van der Waals surface area contributed by atoms with E-state index < -0.39 is 0 Å². The van der Waals surface area contributed by atoms with Gasteiger partial charge in [0.05, 0.1) is 0 Å². The van der Waals surface area contributed by atoms with Gasteiger partial charge in [-0.3, -0.25) is 9.59 Å². The maximum atomic E-state index is 12.0. The summed E-state index contributed by atoms with van der Waals surface area (Å²) in [5.41, 5.74) is 5.24. The van der Waals surface area contributed by atoms with Crippen molar-refractivity contribution in [2.45, 2.75) is 41.2 Å². The first kappa shape index (κ1) is 17.8. The topological polar surface area (TPSA) is 71.2 Å². The Morgan fingerprint density at radius 2 is 1.67 bits per heavy atom. The molecule has 128 valence electrons. The number of aromatic nitrogens is 1. The van der Waals surface area contributed by atoms with E-state index in [4.69, 9.17) is 4.74 Å². The number of ether oxygens (including phenoxy) is 1. The van der Waals surface area contributed by atoms with Crippen LogP contribution in [0.15, 0.2) is 23.0 Å². The van der Waals surface area contributed by atoms with Crippen LogP contribution in [0.1, 0.15) is 33.5 Å². The molecule has 1 heterocycles. The number of amides is 1. The summed E-state index contributed by atoms with van der Waals surface area (Å²) in [5, 5.41) is 2.74. The Kier molecular flexibility index (Phi) is 5.44. The van der Waals surface area contributed by atoms with E-state index in [2.05, 4.69) is 10.3 Å². The standard InChI is InChI=1S/C19H24N2O3/c1-11-6-13(3)18(14(4)7-11)24-10-17(22)20-9-16-12(2)8-15(5)21-19(16)23/h6-8H,9-10H2,1-5H3,(H,20,22)(H,21,23). The van der Waals surface area contributed by atoms with Gasteiger partial charge in [-0.15, -0.1) is 0 Å². The molecule has 2 N–H and O–H groups in total. The number of hydrogen-bond acceptors (Lipinski definition) is 3. The summed E-state index contributed by atoms with van der Waals surface area (Å²) >= 11 is 0. The molecule has 0 bridgehead atoms. The van der Waals surface area contributed by atoms with Gasteiger partial charge in [-0.05, 0) is 57.4 Å².